The van der Waals surface area contributed by atoms with Gasteiger partial charge in [-0.3, -0.25) is 4.79 Å². The third-order valence-electron chi connectivity index (χ3n) is 1.32. The lowest BCUT2D eigenvalue weighted by molar-refractivity contribution is -0.127. The van der Waals surface area contributed by atoms with Gasteiger partial charge in [0, 0.05) is 7.05 Å². The molecule has 0 N–H and O–H groups in total. The summed E-state index contributed by atoms with van der Waals surface area (Å²) in [6, 6.07) is 0. The number of halogens is 2. The smallest absolute Gasteiger partial charge is 0.269 e. The van der Waals surface area contributed by atoms with Crippen LogP contribution in [0.3, 0.4) is 0 Å². The fourth-order valence-corrected chi connectivity index (χ4v) is 1.01. The standard InChI is InChI=1S/C5H6Cl2N2O/c1-3-5(6,7)4(10)9(2)8-3/h1-2H3. The van der Waals surface area contributed by atoms with E-state index in [-0.39, 0.29) is 0 Å². The molecule has 0 aliphatic carbocycles. The van der Waals surface area contributed by atoms with Crippen LogP contribution in [0, 0.1) is 0 Å². The van der Waals surface area contributed by atoms with Crippen LogP contribution in [-0.2, 0) is 4.79 Å². The first-order valence-electron chi connectivity index (χ1n) is 2.68. The van der Waals surface area contributed by atoms with E-state index in [1.807, 2.05) is 0 Å². The van der Waals surface area contributed by atoms with E-state index in [1.165, 1.54) is 7.05 Å². The summed E-state index contributed by atoms with van der Waals surface area (Å²) >= 11 is 11.2. The van der Waals surface area contributed by atoms with Crippen molar-refractivity contribution in [2.75, 3.05) is 7.05 Å². The molecule has 0 saturated carbocycles. The first-order chi connectivity index (χ1) is 4.46. The first-order valence-corrected chi connectivity index (χ1v) is 3.43. The van der Waals surface area contributed by atoms with Gasteiger partial charge in [-0.2, -0.15) is 5.10 Å². The van der Waals surface area contributed by atoms with Crippen LogP contribution in [0.1, 0.15) is 6.92 Å². The van der Waals surface area contributed by atoms with Crippen LogP contribution in [0.5, 0.6) is 0 Å². The second-order valence-electron chi connectivity index (χ2n) is 2.09. The SMILES string of the molecule is CC1=NN(C)C(=O)C1(Cl)Cl. The minimum Gasteiger partial charge on any atom is -0.269 e. The van der Waals surface area contributed by atoms with E-state index in [4.69, 9.17) is 23.2 Å². The Bertz CT molecular complexity index is 212. The topological polar surface area (TPSA) is 32.7 Å². The summed E-state index contributed by atoms with van der Waals surface area (Å²) in [6.07, 6.45) is 0. The normalized spacial score (nSPS) is 23.4. The maximum atomic E-state index is 11.0. The van der Waals surface area contributed by atoms with Gasteiger partial charge >= 0.3 is 0 Å². The van der Waals surface area contributed by atoms with Gasteiger partial charge in [0.2, 0.25) is 4.33 Å². The Morgan fingerprint density at radius 1 is 1.60 bits per heavy atom. The molecular weight excluding hydrogens is 175 g/mol. The van der Waals surface area contributed by atoms with Crippen molar-refractivity contribution < 1.29 is 4.79 Å². The van der Waals surface area contributed by atoms with Gasteiger partial charge in [0.05, 0.1) is 5.71 Å². The van der Waals surface area contributed by atoms with Crippen LogP contribution in [-0.4, -0.2) is 28.0 Å². The van der Waals surface area contributed by atoms with Gasteiger partial charge in [0.15, 0.2) is 0 Å². The molecule has 0 aromatic heterocycles. The number of carbonyl (C=O) groups excluding carboxylic acids is 1. The molecule has 0 saturated heterocycles. The molecule has 0 radical (unpaired) electrons. The monoisotopic (exact) mass is 180 g/mol. The summed E-state index contributed by atoms with van der Waals surface area (Å²) in [5.41, 5.74) is 0.420. The van der Waals surface area contributed by atoms with Gasteiger partial charge in [-0.25, -0.2) is 5.01 Å². The number of nitrogens with zero attached hydrogens (tertiary/aromatic N) is 2. The van der Waals surface area contributed by atoms with Gasteiger partial charge in [0.25, 0.3) is 5.91 Å². The highest BCUT2D eigenvalue weighted by molar-refractivity contribution is 6.68. The van der Waals surface area contributed by atoms with E-state index >= 15 is 0 Å². The van der Waals surface area contributed by atoms with Crippen LogP contribution >= 0.6 is 23.2 Å². The number of hydrogen-bond donors (Lipinski definition) is 0. The number of rotatable bonds is 0. The number of hydrogen-bond acceptors (Lipinski definition) is 2. The fraction of sp³-hybridized carbons (Fsp3) is 0.600. The van der Waals surface area contributed by atoms with Crippen molar-refractivity contribution in [3.63, 3.8) is 0 Å². The number of amides is 1. The van der Waals surface area contributed by atoms with E-state index in [0.29, 0.717) is 5.71 Å². The van der Waals surface area contributed by atoms with Gasteiger partial charge in [-0.1, -0.05) is 23.2 Å². The zero-order valence-electron chi connectivity index (χ0n) is 5.56. The molecule has 3 nitrogen and oxygen atoms in total. The predicted octanol–water partition coefficient (Wildman–Crippen LogP) is 1.01. The Morgan fingerprint density at radius 3 is 2.20 bits per heavy atom. The van der Waals surface area contributed by atoms with Gasteiger partial charge < -0.3 is 0 Å². The highest BCUT2D eigenvalue weighted by Crippen LogP contribution is 2.30. The molecule has 10 heavy (non-hydrogen) atoms. The van der Waals surface area contributed by atoms with Crippen LogP contribution < -0.4 is 0 Å². The Kier molecular flexibility index (Phi) is 1.65. The fourth-order valence-electron chi connectivity index (χ4n) is 0.691. The molecule has 1 heterocycles. The molecule has 0 spiro atoms. The van der Waals surface area contributed by atoms with E-state index in [1.54, 1.807) is 6.92 Å². The van der Waals surface area contributed by atoms with E-state index in [0.717, 1.165) is 5.01 Å². The third kappa shape index (κ3) is 0.896. The zero-order chi connectivity index (χ0) is 7.94. The van der Waals surface area contributed by atoms with Crippen LogP contribution in [0.25, 0.3) is 0 Å². The second kappa shape index (κ2) is 2.10. The zero-order valence-corrected chi connectivity index (χ0v) is 7.07. The van der Waals surface area contributed by atoms with E-state index < -0.39 is 10.2 Å². The van der Waals surface area contributed by atoms with E-state index in [9.17, 15) is 4.79 Å². The molecule has 0 aromatic carbocycles. The summed E-state index contributed by atoms with van der Waals surface area (Å²) in [5, 5.41) is 4.89. The minimum atomic E-state index is -1.44. The summed E-state index contributed by atoms with van der Waals surface area (Å²) in [6.45, 7) is 1.61. The predicted molar refractivity (Wildman–Crippen MR) is 40.3 cm³/mol. The van der Waals surface area contributed by atoms with Gasteiger partial charge in [0.1, 0.15) is 0 Å². The Hall–Kier alpha value is -0.280. The molecule has 5 heteroatoms. The second-order valence-corrected chi connectivity index (χ2v) is 3.42. The average Bonchev–Trinajstić information content (AvgIpc) is 1.97. The van der Waals surface area contributed by atoms with Crippen LogP contribution in [0.2, 0.25) is 0 Å². The number of carbonyl (C=O) groups is 1. The van der Waals surface area contributed by atoms with Crippen molar-refractivity contribution in [3.05, 3.63) is 0 Å². The Balaban J connectivity index is 3.00. The van der Waals surface area contributed by atoms with Gasteiger partial charge in [-0.15, -0.1) is 0 Å². The highest BCUT2D eigenvalue weighted by atomic mass is 35.5. The number of alkyl halides is 2. The van der Waals surface area contributed by atoms with Crippen molar-refractivity contribution in [1.29, 1.82) is 0 Å². The lowest BCUT2D eigenvalue weighted by Crippen LogP contribution is -2.33. The molecule has 1 amide bonds. The Morgan fingerprint density at radius 2 is 2.10 bits per heavy atom. The molecule has 1 rings (SSSR count). The van der Waals surface area contributed by atoms with Crippen molar-refractivity contribution >= 4 is 34.8 Å². The third-order valence-corrected chi connectivity index (χ3v) is 2.19. The minimum absolute atomic E-state index is 0.395. The quantitative estimate of drug-likeness (QED) is 0.513. The lowest BCUT2D eigenvalue weighted by atomic mass is 10.3. The summed E-state index contributed by atoms with van der Waals surface area (Å²) < 4.78 is -1.44. The molecule has 0 unspecified atom stereocenters. The summed E-state index contributed by atoms with van der Waals surface area (Å²) in [7, 11) is 1.51. The molecular formula is C5H6Cl2N2O. The van der Waals surface area contributed by atoms with E-state index in [2.05, 4.69) is 5.10 Å². The summed E-state index contributed by atoms with van der Waals surface area (Å²) in [5.74, 6) is -0.395. The van der Waals surface area contributed by atoms with Crippen molar-refractivity contribution in [2.24, 2.45) is 5.10 Å². The largest absolute Gasteiger partial charge is 0.284 e. The van der Waals surface area contributed by atoms with Crippen molar-refractivity contribution in [2.45, 2.75) is 11.3 Å². The molecule has 0 atom stereocenters. The molecule has 1 aliphatic rings. The van der Waals surface area contributed by atoms with Crippen molar-refractivity contribution in [1.82, 2.24) is 5.01 Å². The maximum absolute atomic E-state index is 11.0. The average molecular weight is 181 g/mol. The lowest BCUT2D eigenvalue weighted by Gasteiger charge is -2.09. The molecule has 0 aromatic rings. The first kappa shape index (κ1) is 7.82. The maximum Gasteiger partial charge on any atom is 0.284 e. The van der Waals surface area contributed by atoms with Crippen molar-refractivity contribution in [3.8, 4) is 0 Å². The molecule has 1 aliphatic heterocycles. The highest BCUT2D eigenvalue weighted by Gasteiger charge is 2.44. The van der Waals surface area contributed by atoms with Gasteiger partial charge in [-0.05, 0) is 6.92 Å². The molecule has 0 fully saturated rings. The molecule has 56 valence electrons. The van der Waals surface area contributed by atoms with Crippen LogP contribution in [0.4, 0.5) is 0 Å². The molecule has 0 bridgehead atoms. The van der Waals surface area contributed by atoms with Crippen LogP contribution in [0.15, 0.2) is 5.10 Å². The summed E-state index contributed by atoms with van der Waals surface area (Å²) in [4.78, 5) is 11.0. The number of hydrazone groups is 1. The Labute approximate surface area is 68.6 Å².